The summed E-state index contributed by atoms with van der Waals surface area (Å²) in [5.74, 6) is -3.03. The van der Waals surface area contributed by atoms with E-state index in [9.17, 15) is 24.0 Å². The number of carbonyl (C=O) groups is 5. The van der Waals surface area contributed by atoms with Crippen LogP contribution in [0, 0.1) is 11.8 Å². The number of nitrogens with one attached hydrogen (secondary N) is 2. The van der Waals surface area contributed by atoms with Gasteiger partial charge in [0.15, 0.2) is 0 Å². The number of aryl methyl sites for hydroxylation is 1. The van der Waals surface area contributed by atoms with Crippen LogP contribution in [-0.2, 0) is 30.4 Å². The Morgan fingerprint density at radius 2 is 1.82 bits per heavy atom. The summed E-state index contributed by atoms with van der Waals surface area (Å²) in [5.41, 5.74) is 3.45. The molecule has 39 heavy (non-hydrogen) atoms. The van der Waals surface area contributed by atoms with Gasteiger partial charge in [-0.3, -0.25) is 19.2 Å². The number of benzene rings is 1. The van der Waals surface area contributed by atoms with Gasteiger partial charge >= 0.3 is 5.97 Å². The second-order valence-corrected chi connectivity index (χ2v) is 10.6. The van der Waals surface area contributed by atoms with E-state index in [0.717, 1.165) is 24.0 Å². The quantitative estimate of drug-likeness (QED) is 0.351. The molecule has 1 heterocycles. The highest BCUT2D eigenvalue weighted by molar-refractivity contribution is 5.94. The molecule has 4 atom stereocenters. The Labute approximate surface area is 229 Å². The minimum atomic E-state index is -1.21. The summed E-state index contributed by atoms with van der Waals surface area (Å²) in [6, 6.07) is 5.63. The van der Waals surface area contributed by atoms with E-state index in [1.165, 1.54) is 10.5 Å². The number of aliphatic carboxylic acids is 1. The minimum Gasteiger partial charge on any atom is -0.481 e. The Hall–Kier alpha value is -3.75. The van der Waals surface area contributed by atoms with E-state index < -0.39 is 42.3 Å². The highest BCUT2D eigenvalue weighted by atomic mass is 16.4. The zero-order chi connectivity index (χ0) is 28.5. The Balaban J connectivity index is 1.62. The summed E-state index contributed by atoms with van der Waals surface area (Å²) >= 11 is 0. The van der Waals surface area contributed by atoms with Crippen LogP contribution in [0.15, 0.2) is 42.5 Å². The second kappa shape index (κ2) is 13.9. The zero-order valence-electron chi connectivity index (χ0n) is 22.9. The SMILES string of the molecule is CCCc1ccc(C2=CCC(C(=O)NC(C(=O)N3CCC[C@H]3C(=O)N[C@H](C=O)CC(=O)O)C(C)C)C=C2)cc1. The third-order valence-electron chi connectivity index (χ3n) is 7.22. The van der Waals surface area contributed by atoms with Crippen molar-refractivity contribution in [2.45, 2.75) is 77.4 Å². The fourth-order valence-corrected chi connectivity index (χ4v) is 5.04. The summed E-state index contributed by atoms with van der Waals surface area (Å²) in [7, 11) is 0. The van der Waals surface area contributed by atoms with Crippen molar-refractivity contribution in [1.82, 2.24) is 15.5 Å². The second-order valence-electron chi connectivity index (χ2n) is 10.6. The molecule has 2 unspecified atom stereocenters. The third kappa shape index (κ3) is 7.88. The van der Waals surface area contributed by atoms with E-state index in [-0.39, 0.29) is 17.7 Å². The number of rotatable bonds is 12. The number of hydrogen-bond donors (Lipinski definition) is 3. The molecule has 210 valence electrons. The van der Waals surface area contributed by atoms with Crippen LogP contribution in [0.5, 0.6) is 0 Å². The van der Waals surface area contributed by atoms with E-state index in [4.69, 9.17) is 5.11 Å². The van der Waals surface area contributed by atoms with Crippen molar-refractivity contribution in [2.75, 3.05) is 6.54 Å². The maximum atomic E-state index is 13.5. The molecule has 3 amide bonds. The molecule has 0 saturated carbocycles. The van der Waals surface area contributed by atoms with Crippen LogP contribution in [-0.4, -0.2) is 64.7 Å². The first-order valence-electron chi connectivity index (χ1n) is 13.7. The van der Waals surface area contributed by atoms with Gasteiger partial charge in [0, 0.05) is 6.54 Å². The first-order valence-corrected chi connectivity index (χ1v) is 13.7. The largest absolute Gasteiger partial charge is 0.481 e. The van der Waals surface area contributed by atoms with Crippen LogP contribution < -0.4 is 10.6 Å². The molecule has 1 aromatic carbocycles. The van der Waals surface area contributed by atoms with Gasteiger partial charge < -0.3 is 25.4 Å². The maximum absolute atomic E-state index is 13.5. The standard InChI is InChI=1S/C30H39N3O6/c1-4-6-20-8-10-21(11-9-20)22-12-14-23(15-13-22)28(37)32-27(19(2)3)30(39)33-16-5-7-25(33)29(38)31-24(18-34)17-26(35)36/h8-14,18-19,23-25,27H,4-7,15-17H2,1-3H3,(H,31,38)(H,32,37)(H,35,36)/t23?,24-,25-,27?/m0/s1. The summed E-state index contributed by atoms with van der Waals surface area (Å²) in [5, 5.41) is 14.3. The smallest absolute Gasteiger partial charge is 0.305 e. The molecule has 0 aromatic heterocycles. The molecule has 0 bridgehead atoms. The van der Waals surface area contributed by atoms with Crippen molar-refractivity contribution < 1.29 is 29.1 Å². The number of carboxylic acids is 1. The van der Waals surface area contributed by atoms with Crippen LogP contribution in [0.1, 0.15) is 64.0 Å². The molecule has 0 spiro atoms. The highest BCUT2D eigenvalue weighted by Crippen LogP contribution is 2.26. The van der Waals surface area contributed by atoms with Crippen LogP contribution in [0.2, 0.25) is 0 Å². The van der Waals surface area contributed by atoms with Gasteiger partial charge in [-0.25, -0.2) is 0 Å². The number of carboxylic acid groups (broad SMARTS) is 1. The van der Waals surface area contributed by atoms with Gasteiger partial charge in [-0.05, 0) is 48.3 Å². The molecular formula is C30H39N3O6. The molecule has 1 aliphatic carbocycles. The van der Waals surface area contributed by atoms with Crippen molar-refractivity contribution in [1.29, 1.82) is 0 Å². The molecule has 3 N–H and O–H groups in total. The lowest BCUT2D eigenvalue weighted by Crippen LogP contribution is -2.56. The lowest BCUT2D eigenvalue weighted by atomic mass is 9.91. The topological polar surface area (TPSA) is 133 Å². The van der Waals surface area contributed by atoms with Crippen molar-refractivity contribution >= 4 is 35.6 Å². The van der Waals surface area contributed by atoms with Crippen molar-refractivity contribution in [3.05, 3.63) is 53.6 Å². The molecular weight excluding hydrogens is 498 g/mol. The molecule has 1 fully saturated rings. The molecule has 3 rings (SSSR count). The van der Waals surface area contributed by atoms with Crippen molar-refractivity contribution in [3.63, 3.8) is 0 Å². The fraction of sp³-hybridized carbons (Fsp3) is 0.500. The van der Waals surface area contributed by atoms with E-state index in [2.05, 4.69) is 41.8 Å². The Morgan fingerprint density at radius 3 is 2.38 bits per heavy atom. The minimum absolute atomic E-state index is 0.221. The molecule has 0 radical (unpaired) electrons. The molecule has 1 saturated heterocycles. The number of allylic oxidation sites excluding steroid dienone is 3. The molecule has 1 aliphatic heterocycles. The number of hydrogen-bond acceptors (Lipinski definition) is 5. The van der Waals surface area contributed by atoms with Gasteiger partial charge in [0.25, 0.3) is 0 Å². The lowest BCUT2D eigenvalue weighted by molar-refractivity contribution is -0.143. The monoisotopic (exact) mass is 537 g/mol. The summed E-state index contributed by atoms with van der Waals surface area (Å²) in [6.45, 7) is 6.16. The van der Waals surface area contributed by atoms with Gasteiger partial charge in [0.1, 0.15) is 18.4 Å². The van der Waals surface area contributed by atoms with Crippen molar-refractivity contribution in [3.8, 4) is 0 Å². The Bertz CT molecular complexity index is 1120. The number of carbonyl (C=O) groups excluding carboxylic acids is 4. The maximum Gasteiger partial charge on any atom is 0.305 e. The predicted molar refractivity (Wildman–Crippen MR) is 147 cm³/mol. The van der Waals surface area contributed by atoms with Gasteiger partial charge in [-0.1, -0.05) is 69.7 Å². The summed E-state index contributed by atoms with van der Waals surface area (Å²) in [6.07, 6.45) is 9.32. The van der Waals surface area contributed by atoms with Gasteiger partial charge in [0.05, 0.1) is 18.4 Å². The van der Waals surface area contributed by atoms with Crippen LogP contribution >= 0.6 is 0 Å². The van der Waals surface area contributed by atoms with Gasteiger partial charge in [0.2, 0.25) is 17.7 Å². The van der Waals surface area contributed by atoms with E-state index in [1.54, 1.807) is 0 Å². The molecule has 2 aliphatic rings. The van der Waals surface area contributed by atoms with E-state index >= 15 is 0 Å². The van der Waals surface area contributed by atoms with E-state index in [1.807, 2.05) is 32.1 Å². The zero-order valence-corrected chi connectivity index (χ0v) is 22.9. The average Bonchev–Trinajstić information content (AvgIpc) is 3.41. The normalized spacial score (nSPS) is 20.2. The number of amides is 3. The van der Waals surface area contributed by atoms with Crippen LogP contribution in [0.4, 0.5) is 0 Å². The summed E-state index contributed by atoms with van der Waals surface area (Å²) in [4.78, 5) is 63.0. The van der Waals surface area contributed by atoms with Gasteiger partial charge in [-0.15, -0.1) is 0 Å². The average molecular weight is 538 g/mol. The third-order valence-corrected chi connectivity index (χ3v) is 7.22. The molecule has 9 heteroatoms. The molecule has 1 aromatic rings. The Kier molecular flexibility index (Phi) is 10.6. The van der Waals surface area contributed by atoms with Crippen LogP contribution in [0.25, 0.3) is 5.57 Å². The lowest BCUT2D eigenvalue weighted by Gasteiger charge is -2.31. The number of aldehydes is 1. The summed E-state index contributed by atoms with van der Waals surface area (Å²) < 4.78 is 0. The van der Waals surface area contributed by atoms with Crippen LogP contribution in [0.3, 0.4) is 0 Å². The fourth-order valence-electron chi connectivity index (χ4n) is 5.04. The van der Waals surface area contributed by atoms with Crippen molar-refractivity contribution in [2.24, 2.45) is 11.8 Å². The first-order chi connectivity index (χ1) is 18.6. The number of nitrogens with zero attached hydrogens (tertiary/aromatic N) is 1. The first kappa shape index (κ1) is 29.8. The highest BCUT2D eigenvalue weighted by Gasteiger charge is 2.39. The molecule has 9 nitrogen and oxygen atoms in total. The number of likely N-dealkylation sites (tertiary alicyclic amines) is 1. The Morgan fingerprint density at radius 1 is 1.10 bits per heavy atom. The predicted octanol–water partition coefficient (Wildman–Crippen LogP) is 2.89. The van der Waals surface area contributed by atoms with E-state index in [0.29, 0.717) is 32.1 Å². The van der Waals surface area contributed by atoms with Gasteiger partial charge in [-0.2, -0.15) is 0 Å².